The summed E-state index contributed by atoms with van der Waals surface area (Å²) in [7, 11) is 0. The Morgan fingerprint density at radius 2 is 1.48 bits per heavy atom. The summed E-state index contributed by atoms with van der Waals surface area (Å²) in [5.41, 5.74) is 1.43. The van der Waals surface area contributed by atoms with Gasteiger partial charge in [0.2, 0.25) is 5.78 Å². The molecule has 0 aliphatic heterocycles. The second kappa shape index (κ2) is 6.88. The van der Waals surface area contributed by atoms with Crippen molar-refractivity contribution in [3.63, 3.8) is 0 Å². The Bertz CT molecular complexity index is 774. The largest absolute Gasteiger partial charge is 0.461 e. The maximum Gasteiger partial charge on any atom is 0.205 e. The van der Waals surface area contributed by atoms with Crippen molar-refractivity contribution >= 4 is 11.6 Å². The summed E-state index contributed by atoms with van der Waals surface area (Å²) < 4.78 is 5.22. The molecule has 0 N–H and O–H groups in total. The van der Waals surface area contributed by atoms with Crippen LogP contribution in [0.5, 0.6) is 0 Å². The van der Waals surface area contributed by atoms with Crippen LogP contribution in [0.2, 0.25) is 0 Å². The van der Waals surface area contributed by atoms with Crippen molar-refractivity contribution in [2.75, 3.05) is 0 Å². The molecule has 3 aromatic rings. The number of carbonyl (C=O) groups excluding carboxylic acids is 2. The van der Waals surface area contributed by atoms with Gasteiger partial charge in [-0.25, -0.2) is 0 Å². The number of hydrogen-bond donors (Lipinski definition) is 0. The van der Waals surface area contributed by atoms with Crippen LogP contribution in [-0.2, 0) is 0 Å². The van der Waals surface area contributed by atoms with Crippen LogP contribution in [-0.4, -0.2) is 11.6 Å². The molecule has 114 valence electrons. The minimum atomic E-state index is -0.546. The molecular weight excluding hydrogens is 288 g/mol. The maximum atomic E-state index is 12.7. The first-order valence-electron chi connectivity index (χ1n) is 7.46. The molecule has 0 bridgehead atoms. The van der Waals surface area contributed by atoms with Crippen molar-refractivity contribution in [1.29, 1.82) is 0 Å². The molecule has 3 rings (SSSR count). The third kappa shape index (κ3) is 3.46. The first kappa shape index (κ1) is 15.0. The molecule has 23 heavy (non-hydrogen) atoms. The van der Waals surface area contributed by atoms with Crippen molar-refractivity contribution < 1.29 is 14.0 Å². The number of ketones is 2. The van der Waals surface area contributed by atoms with E-state index in [1.54, 1.807) is 24.3 Å². The zero-order chi connectivity index (χ0) is 16.1. The average molecular weight is 304 g/mol. The molecule has 3 nitrogen and oxygen atoms in total. The number of Topliss-reactive ketones (excluding diaryl/α,β-unsaturated/α-hetero) is 2. The molecular formula is C20H16O3. The first-order valence-corrected chi connectivity index (χ1v) is 7.46. The van der Waals surface area contributed by atoms with Crippen molar-refractivity contribution in [1.82, 2.24) is 0 Å². The minimum absolute atomic E-state index is 0.0561. The van der Waals surface area contributed by atoms with Gasteiger partial charge in [-0.3, -0.25) is 9.59 Å². The minimum Gasteiger partial charge on any atom is -0.461 e. The van der Waals surface area contributed by atoms with Gasteiger partial charge >= 0.3 is 0 Å². The number of furan rings is 1. The molecule has 0 aliphatic rings. The highest BCUT2D eigenvalue weighted by Gasteiger charge is 2.27. The van der Waals surface area contributed by atoms with Gasteiger partial charge in [0.05, 0.1) is 12.2 Å². The standard InChI is InChI=1S/C20H16O3/c21-18(16-10-5-2-6-11-16)14-17(15-8-3-1-4-9-15)20(22)19-12-7-13-23-19/h1-13,17H,14H2. The molecule has 0 amide bonds. The molecule has 0 fully saturated rings. The number of benzene rings is 2. The summed E-state index contributed by atoms with van der Waals surface area (Å²) in [4.78, 5) is 25.2. The van der Waals surface area contributed by atoms with Crippen LogP contribution in [0.1, 0.15) is 38.8 Å². The topological polar surface area (TPSA) is 47.3 Å². The molecule has 0 aliphatic carbocycles. The molecule has 1 atom stereocenters. The van der Waals surface area contributed by atoms with E-state index in [-0.39, 0.29) is 23.7 Å². The molecule has 1 unspecified atom stereocenters. The van der Waals surface area contributed by atoms with Crippen molar-refractivity contribution in [2.45, 2.75) is 12.3 Å². The van der Waals surface area contributed by atoms with Gasteiger partial charge in [-0.1, -0.05) is 60.7 Å². The van der Waals surface area contributed by atoms with E-state index >= 15 is 0 Å². The molecule has 3 heteroatoms. The molecule has 0 spiro atoms. The predicted octanol–water partition coefficient (Wildman–Crippen LogP) is 4.52. The highest BCUT2D eigenvalue weighted by atomic mass is 16.3. The molecule has 1 aromatic heterocycles. The summed E-state index contributed by atoms with van der Waals surface area (Å²) in [6.45, 7) is 0. The summed E-state index contributed by atoms with van der Waals surface area (Å²) in [6, 6.07) is 21.7. The Labute approximate surface area is 134 Å². The van der Waals surface area contributed by atoms with Gasteiger partial charge < -0.3 is 4.42 Å². The fourth-order valence-electron chi connectivity index (χ4n) is 2.57. The van der Waals surface area contributed by atoms with E-state index in [9.17, 15) is 9.59 Å². The summed E-state index contributed by atoms with van der Waals surface area (Å²) in [5, 5.41) is 0. The summed E-state index contributed by atoms with van der Waals surface area (Å²) in [6.07, 6.45) is 1.59. The Kier molecular flexibility index (Phi) is 4.48. The van der Waals surface area contributed by atoms with E-state index < -0.39 is 5.92 Å². The van der Waals surface area contributed by atoms with Gasteiger partial charge in [0.15, 0.2) is 11.5 Å². The first-order chi connectivity index (χ1) is 11.3. The van der Waals surface area contributed by atoms with Gasteiger partial charge in [-0.2, -0.15) is 0 Å². The zero-order valence-electron chi connectivity index (χ0n) is 12.5. The molecule has 0 saturated carbocycles. The van der Waals surface area contributed by atoms with Gasteiger partial charge in [0.1, 0.15) is 0 Å². The van der Waals surface area contributed by atoms with Gasteiger partial charge in [-0.05, 0) is 17.7 Å². The number of rotatable bonds is 6. The predicted molar refractivity (Wildman–Crippen MR) is 87.6 cm³/mol. The van der Waals surface area contributed by atoms with Crippen LogP contribution < -0.4 is 0 Å². The van der Waals surface area contributed by atoms with Crippen molar-refractivity contribution in [3.8, 4) is 0 Å². The van der Waals surface area contributed by atoms with Crippen LogP contribution in [0.4, 0.5) is 0 Å². The maximum absolute atomic E-state index is 12.7. The highest BCUT2D eigenvalue weighted by Crippen LogP contribution is 2.26. The third-order valence-corrected chi connectivity index (χ3v) is 3.77. The monoisotopic (exact) mass is 304 g/mol. The highest BCUT2D eigenvalue weighted by molar-refractivity contribution is 6.04. The van der Waals surface area contributed by atoms with Crippen LogP contribution in [0.15, 0.2) is 83.5 Å². The van der Waals surface area contributed by atoms with E-state index in [1.165, 1.54) is 6.26 Å². The van der Waals surface area contributed by atoms with E-state index in [4.69, 9.17) is 4.42 Å². The second-order valence-corrected chi connectivity index (χ2v) is 5.30. The van der Waals surface area contributed by atoms with Crippen LogP contribution in [0.3, 0.4) is 0 Å². The lowest BCUT2D eigenvalue weighted by Crippen LogP contribution is -2.17. The molecule has 1 heterocycles. The van der Waals surface area contributed by atoms with Crippen molar-refractivity contribution in [3.05, 3.63) is 95.9 Å². The lowest BCUT2D eigenvalue weighted by atomic mass is 9.87. The number of hydrogen-bond acceptors (Lipinski definition) is 3. The van der Waals surface area contributed by atoms with E-state index in [0.29, 0.717) is 5.56 Å². The smallest absolute Gasteiger partial charge is 0.205 e. The third-order valence-electron chi connectivity index (χ3n) is 3.77. The Balaban J connectivity index is 1.90. The molecule has 2 aromatic carbocycles. The van der Waals surface area contributed by atoms with Crippen molar-refractivity contribution in [2.24, 2.45) is 0 Å². The second-order valence-electron chi connectivity index (χ2n) is 5.30. The Hall–Kier alpha value is -2.94. The normalized spacial score (nSPS) is 11.8. The Morgan fingerprint density at radius 3 is 2.09 bits per heavy atom. The summed E-state index contributed by atoms with van der Waals surface area (Å²) in [5.74, 6) is -0.500. The average Bonchev–Trinajstić information content (AvgIpc) is 3.15. The lowest BCUT2D eigenvalue weighted by Gasteiger charge is -2.14. The zero-order valence-corrected chi connectivity index (χ0v) is 12.5. The fraction of sp³-hybridized carbons (Fsp3) is 0.100. The van der Waals surface area contributed by atoms with Crippen LogP contribution >= 0.6 is 0 Å². The van der Waals surface area contributed by atoms with E-state index in [1.807, 2.05) is 48.5 Å². The Morgan fingerprint density at radius 1 is 0.826 bits per heavy atom. The number of carbonyl (C=O) groups is 2. The SMILES string of the molecule is O=C(CC(C(=O)c1ccco1)c1ccccc1)c1ccccc1. The van der Waals surface area contributed by atoms with Gasteiger partial charge in [-0.15, -0.1) is 0 Å². The molecule has 0 saturated heterocycles. The van der Waals surface area contributed by atoms with E-state index in [2.05, 4.69) is 0 Å². The molecule has 0 radical (unpaired) electrons. The van der Waals surface area contributed by atoms with Crippen LogP contribution in [0.25, 0.3) is 0 Å². The summed E-state index contributed by atoms with van der Waals surface area (Å²) >= 11 is 0. The van der Waals surface area contributed by atoms with E-state index in [0.717, 1.165) is 5.56 Å². The van der Waals surface area contributed by atoms with Gasteiger partial charge in [0, 0.05) is 12.0 Å². The quantitative estimate of drug-likeness (QED) is 0.629. The van der Waals surface area contributed by atoms with Gasteiger partial charge in [0.25, 0.3) is 0 Å². The van der Waals surface area contributed by atoms with Crippen LogP contribution in [0, 0.1) is 0 Å². The fourth-order valence-corrected chi connectivity index (χ4v) is 2.57. The lowest BCUT2D eigenvalue weighted by molar-refractivity contribution is 0.0876.